The highest BCUT2D eigenvalue weighted by Crippen LogP contribution is 2.28. The summed E-state index contributed by atoms with van der Waals surface area (Å²) >= 11 is 0. The van der Waals surface area contributed by atoms with Crippen molar-refractivity contribution in [1.29, 1.82) is 0 Å². The number of rotatable bonds is 24. The molecule has 308 valence electrons. The van der Waals surface area contributed by atoms with Crippen LogP contribution in [-0.2, 0) is 36.6 Å². The second-order valence-electron chi connectivity index (χ2n) is 13.9. The molecule has 0 heterocycles. The molecule has 0 bridgehead atoms. The summed E-state index contributed by atoms with van der Waals surface area (Å²) in [4.78, 5) is 44.4. The van der Waals surface area contributed by atoms with E-state index < -0.39 is 0 Å². The number of hydrogen-bond donors (Lipinski definition) is 0. The fraction of sp³-hybridized carbons (Fsp3) is 0.312. The zero-order valence-corrected chi connectivity index (χ0v) is 34.3. The van der Waals surface area contributed by atoms with Crippen LogP contribution in [-0.4, -0.2) is 57.3 Å². The molecule has 11 nitrogen and oxygen atoms in total. The van der Waals surface area contributed by atoms with Crippen molar-refractivity contribution in [2.45, 2.75) is 65.2 Å². The number of carbonyl (C=O) groups is 3. The van der Waals surface area contributed by atoms with Crippen LogP contribution in [0.1, 0.15) is 79.4 Å². The van der Waals surface area contributed by atoms with Gasteiger partial charge in [-0.2, -0.15) is 10.2 Å². The van der Waals surface area contributed by atoms with E-state index in [4.69, 9.17) is 18.9 Å². The Kier molecular flexibility index (Phi) is 19.2. The van der Waals surface area contributed by atoms with Crippen LogP contribution in [0.15, 0.2) is 136 Å². The Labute approximate surface area is 347 Å². The number of nitrogens with zero attached hydrogens (tertiary/aromatic N) is 4. The summed E-state index contributed by atoms with van der Waals surface area (Å²) < 4.78 is 21.2. The molecule has 59 heavy (non-hydrogen) atoms. The molecule has 0 aromatic heterocycles. The third-order valence-corrected chi connectivity index (χ3v) is 9.27. The van der Waals surface area contributed by atoms with Crippen LogP contribution < -0.4 is 4.74 Å². The molecule has 4 aromatic carbocycles. The molecule has 0 aliphatic rings. The van der Waals surface area contributed by atoms with Crippen molar-refractivity contribution in [1.82, 2.24) is 0 Å². The number of methoxy groups -OCH3 is 1. The van der Waals surface area contributed by atoms with Crippen molar-refractivity contribution < 1.29 is 33.3 Å². The number of esters is 3. The van der Waals surface area contributed by atoms with Crippen molar-refractivity contribution in [2.24, 2.45) is 26.1 Å². The molecule has 0 spiro atoms. The summed E-state index contributed by atoms with van der Waals surface area (Å²) in [6.07, 6.45) is 11.4. The average Bonchev–Trinajstić information content (AvgIpc) is 3.26. The molecule has 0 saturated heterocycles. The van der Waals surface area contributed by atoms with Gasteiger partial charge in [-0.15, -0.1) is 0 Å². The SMILES string of the molecule is C=CC(=O)OCCC(CC)Cc1ccc(N=Cc2ccc(N=CCc3ccc(N=Nc4ccc(C(=O)OCCCCCCOC(=O)C(=C)C)cc4)cc3)c(OC)c2)cc1. The van der Waals surface area contributed by atoms with Crippen LogP contribution >= 0.6 is 0 Å². The zero-order chi connectivity index (χ0) is 42.2. The summed E-state index contributed by atoms with van der Waals surface area (Å²) in [5, 5.41) is 8.63. The van der Waals surface area contributed by atoms with E-state index in [1.165, 1.54) is 11.6 Å². The highest BCUT2D eigenvalue weighted by Gasteiger charge is 2.10. The first-order valence-electron chi connectivity index (χ1n) is 19.9. The predicted octanol–water partition coefficient (Wildman–Crippen LogP) is 11.3. The van der Waals surface area contributed by atoms with Gasteiger partial charge in [0.2, 0.25) is 0 Å². The molecule has 0 aliphatic heterocycles. The lowest BCUT2D eigenvalue weighted by Gasteiger charge is -2.14. The maximum atomic E-state index is 12.4. The van der Waals surface area contributed by atoms with Gasteiger partial charge in [0, 0.05) is 30.5 Å². The van der Waals surface area contributed by atoms with E-state index in [2.05, 4.69) is 52.4 Å². The first-order chi connectivity index (χ1) is 28.7. The Morgan fingerprint density at radius 1 is 0.729 bits per heavy atom. The summed E-state index contributed by atoms with van der Waals surface area (Å²) in [6, 6.07) is 28.5. The Hall–Kier alpha value is -6.49. The van der Waals surface area contributed by atoms with Gasteiger partial charge < -0.3 is 18.9 Å². The molecule has 0 aliphatic carbocycles. The maximum Gasteiger partial charge on any atom is 0.338 e. The van der Waals surface area contributed by atoms with Gasteiger partial charge in [0.15, 0.2) is 0 Å². The molecule has 4 aromatic rings. The normalized spacial score (nSPS) is 11.8. The third-order valence-electron chi connectivity index (χ3n) is 9.27. The lowest BCUT2D eigenvalue weighted by Crippen LogP contribution is -2.10. The van der Waals surface area contributed by atoms with Gasteiger partial charge in [-0.3, -0.25) is 9.98 Å². The van der Waals surface area contributed by atoms with E-state index in [9.17, 15) is 14.4 Å². The fourth-order valence-electron chi connectivity index (χ4n) is 5.74. The number of carbonyl (C=O) groups excluding carboxylic acids is 3. The number of ether oxygens (including phenoxy) is 4. The van der Waals surface area contributed by atoms with Gasteiger partial charge in [0.1, 0.15) is 11.4 Å². The third kappa shape index (κ3) is 16.5. The van der Waals surface area contributed by atoms with E-state index in [0.29, 0.717) is 60.4 Å². The van der Waals surface area contributed by atoms with Crippen molar-refractivity contribution >= 4 is 53.1 Å². The van der Waals surface area contributed by atoms with Gasteiger partial charge in [-0.25, -0.2) is 14.4 Å². The lowest BCUT2D eigenvalue weighted by atomic mass is 9.94. The molecule has 0 amide bonds. The number of aliphatic imine (C=N–C) groups is 2. The van der Waals surface area contributed by atoms with Crippen molar-refractivity contribution in [3.8, 4) is 5.75 Å². The van der Waals surface area contributed by atoms with Gasteiger partial charge >= 0.3 is 17.9 Å². The topological polar surface area (TPSA) is 138 Å². The summed E-state index contributed by atoms with van der Waals surface area (Å²) in [6.45, 7) is 11.8. The van der Waals surface area contributed by atoms with E-state index in [0.717, 1.165) is 67.4 Å². The number of unbranched alkanes of at least 4 members (excludes halogenated alkanes) is 3. The zero-order valence-electron chi connectivity index (χ0n) is 34.3. The molecule has 0 fully saturated rings. The molecule has 0 N–H and O–H groups in total. The van der Waals surface area contributed by atoms with Gasteiger partial charge in [0.25, 0.3) is 0 Å². The summed E-state index contributed by atoms with van der Waals surface area (Å²) in [7, 11) is 1.62. The maximum absolute atomic E-state index is 12.4. The summed E-state index contributed by atoms with van der Waals surface area (Å²) in [5.74, 6) is -0.0688. The second kappa shape index (κ2) is 25.0. The number of azo groups is 1. The van der Waals surface area contributed by atoms with Crippen LogP contribution in [0.3, 0.4) is 0 Å². The quantitative estimate of drug-likeness (QED) is 0.0172. The van der Waals surface area contributed by atoms with E-state index in [1.54, 1.807) is 44.5 Å². The molecule has 1 unspecified atom stereocenters. The second-order valence-corrected chi connectivity index (χ2v) is 13.9. The smallest absolute Gasteiger partial charge is 0.338 e. The Balaban J connectivity index is 1.19. The predicted molar refractivity (Wildman–Crippen MR) is 233 cm³/mol. The molecule has 0 saturated carbocycles. The summed E-state index contributed by atoms with van der Waals surface area (Å²) in [5.41, 5.74) is 6.90. The minimum absolute atomic E-state index is 0.325. The number of benzene rings is 4. The first-order valence-corrected chi connectivity index (χ1v) is 19.9. The monoisotopic (exact) mass is 798 g/mol. The van der Waals surface area contributed by atoms with Crippen LogP contribution in [0, 0.1) is 5.92 Å². The lowest BCUT2D eigenvalue weighted by molar-refractivity contribution is -0.139. The Bertz CT molecular complexity index is 2070. The van der Waals surface area contributed by atoms with Crippen LogP contribution in [0.5, 0.6) is 5.75 Å². The van der Waals surface area contributed by atoms with Crippen molar-refractivity contribution in [3.05, 3.63) is 138 Å². The van der Waals surface area contributed by atoms with Crippen molar-refractivity contribution in [2.75, 3.05) is 26.9 Å². The number of hydrogen-bond acceptors (Lipinski definition) is 11. The average molecular weight is 799 g/mol. The minimum Gasteiger partial charge on any atom is -0.494 e. The first kappa shape index (κ1) is 45.2. The Morgan fingerprint density at radius 2 is 1.36 bits per heavy atom. The molecular formula is C48H54N4O7. The van der Waals surface area contributed by atoms with E-state index in [-0.39, 0.29) is 17.9 Å². The van der Waals surface area contributed by atoms with Gasteiger partial charge in [-0.05, 0) is 129 Å². The van der Waals surface area contributed by atoms with Gasteiger partial charge in [0.05, 0.1) is 49.6 Å². The van der Waals surface area contributed by atoms with Crippen molar-refractivity contribution in [3.63, 3.8) is 0 Å². The van der Waals surface area contributed by atoms with E-state index in [1.807, 2.05) is 60.8 Å². The van der Waals surface area contributed by atoms with E-state index >= 15 is 0 Å². The van der Waals surface area contributed by atoms with Gasteiger partial charge in [-0.1, -0.05) is 56.8 Å². The van der Waals surface area contributed by atoms with Crippen LogP contribution in [0.2, 0.25) is 0 Å². The minimum atomic E-state index is -0.386. The highest BCUT2D eigenvalue weighted by molar-refractivity contribution is 5.89. The molecular weight excluding hydrogens is 745 g/mol. The van der Waals surface area contributed by atoms with Crippen LogP contribution in [0.25, 0.3) is 0 Å². The standard InChI is InChI=1S/C48H54N4O7/c1-6-36(27-31-57-46(53)7-2)32-38-14-19-41(20-15-38)50-34-39-16-25-44(45(33-39)56-5)49-28-26-37-12-21-42(22-13-37)51-52-43-23-17-40(18-24-43)48(55)59-30-11-9-8-10-29-58-47(54)35(3)4/h7,12-25,28,33-34,36H,2-3,6,8-11,26-27,29-32H2,1,4-5H3. The highest BCUT2D eigenvalue weighted by atomic mass is 16.5. The Morgan fingerprint density at radius 3 is 1.98 bits per heavy atom. The molecule has 0 radical (unpaired) electrons. The largest absolute Gasteiger partial charge is 0.494 e. The van der Waals surface area contributed by atoms with Crippen LogP contribution in [0.4, 0.5) is 22.7 Å². The fourth-order valence-corrected chi connectivity index (χ4v) is 5.74. The molecule has 1 atom stereocenters. The molecule has 11 heteroatoms. The molecule has 4 rings (SSSR count).